The summed E-state index contributed by atoms with van der Waals surface area (Å²) in [7, 11) is 3.58. The molecule has 0 fully saturated rings. The highest BCUT2D eigenvalue weighted by Gasteiger charge is 2.29. The van der Waals surface area contributed by atoms with E-state index in [4.69, 9.17) is 9.84 Å². The summed E-state index contributed by atoms with van der Waals surface area (Å²) in [6.07, 6.45) is 0.752. The number of hydrogen-bond donors (Lipinski definition) is 1. The standard InChI is InChI=1S/C16H26O7/c1-10(6-7-17)8-11(2)14(16(20)23-5)12(15(19)22-4)9-13(18)21-3/h10-11,17H,6-9H2,1-5H3/b14-12+. The van der Waals surface area contributed by atoms with E-state index in [0.717, 1.165) is 0 Å². The van der Waals surface area contributed by atoms with Gasteiger partial charge in [-0.15, -0.1) is 0 Å². The number of carbonyl (C=O) groups excluding carboxylic acids is 3. The maximum Gasteiger partial charge on any atom is 0.334 e. The largest absolute Gasteiger partial charge is 0.469 e. The van der Waals surface area contributed by atoms with Gasteiger partial charge in [-0.25, -0.2) is 9.59 Å². The van der Waals surface area contributed by atoms with E-state index in [1.807, 2.05) is 6.92 Å². The van der Waals surface area contributed by atoms with Crippen LogP contribution >= 0.6 is 0 Å². The van der Waals surface area contributed by atoms with Gasteiger partial charge in [-0.3, -0.25) is 4.79 Å². The summed E-state index contributed by atoms with van der Waals surface area (Å²) < 4.78 is 14.0. The molecule has 0 aromatic heterocycles. The molecule has 0 aliphatic heterocycles. The zero-order valence-electron chi connectivity index (χ0n) is 14.4. The number of aliphatic hydroxyl groups excluding tert-OH is 1. The van der Waals surface area contributed by atoms with Crippen LogP contribution in [0.25, 0.3) is 0 Å². The topological polar surface area (TPSA) is 99.1 Å². The molecule has 0 amide bonds. The first-order chi connectivity index (χ1) is 10.8. The molecule has 2 atom stereocenters. The third kappa shape index (κ3) is 6.81. The molecular weight excluding hydrogens is 304 g/mol. The highest BCUT2D eigenvalue weighted by Crippen LogP contribution is 2.27. The van der Waals surface area contributed by atoms with Crippen LogP contribution in [0, 0.1) is 11.8 Å². The zero-order valence-corrected chi connectivity index (χ0v) is 14.4. The summed E-state index contributed by atoms with van der Waals surface area (Å²) in [5.74, 6) is -2.31. The Labute approximate surface area is 136 Å². The third-order valence-electron chi connectivity index (χ3n) is 3.58. The van der Waals surface area contributed by atoms with Crippen LogP contribution < -0.4 is 0 Å². The first-order valence-corrected chi connectivity index (χ1v) is 7.39. The Morgan fingerprint density at radius 2 is 1.52 bits per heavy atom. The monoisotopic (exact) mass is 330 g/mol. The number of esters is 3. The Bertz CT molecular complexity index is 453. The van der Waals surface area contributed by atoms with Gasteiger partial charge in [-0.05, 0) is 24.7 Å². The van der Waals surface area contributed by atoms with Crippen LogP contribution in [0.1, 0.15) is 33.1 Å². The molecule has 0 bridgehead atoms. The van der Waals surface area contributed by atoms with E-state index in [2.05, 4.69) is 9.47 Å². The van der Waals surface area contributed by atoms with Gasteiger partial charge in [-0.1, -0.05) is 13.8 Å². The van der Waals surface area contributed by atoms with E-state index in [-0.39, 0.29) is 36.0 Å². The fourth-order valence-corrected chi connectivity index (χ4v) is 2.41. The smallest absolute Gasteiger partial charge is 0.334 e. The van der Waals surface area contributed by atoms with E-state index in [1.165, 1.54) is 21.3 Å². The molecule has 0 heterocycles. The van der Waals surface area contributed by atoms with Crippen LogP contribution in [0.4, 0.5) is 0 Å². The summed E-state index contributed by atoms with van der Waals surface area (Å²) in [6.45, 7) is 3.73. The van der Waals surface area contributed by atoms with Crippen molar-refractivity contribution in [3.05, 3.63) is 11.1 Å². The normalized spacial score (nSPS) is 14.3. The van der Waals surface area contributed by atoms with Crippen LogP contribution in [0.5, 0.6) is 0 Å². The van der Waals surface area contributed by atoms with Gasteiger partial charge in [0.1, 0.15) is 0 Å². The molecule has 0 radical (unpaired) electrons. The molecule has 0 saturated heterocycles. The van der Waals surface area contributed by atoms with E-state index in [9.17, 15) is 14.4 Å². The maximum atomic E-state index is 12.1. The first kappa shape index (κ1) is 21.1. The van der Waals surface area contributed by atoms with Crippen molar-refractivity contribution in [2.45, 2.75) is 33.1 Å². The quantitative estimate of drug-likeness (QED) is 0.386. The Kier molecular flexibility index (Phi) is 9.89. The van der Waals surface area contributed by atoms with Gasteiger partial charge in [0.25, 0.3) is 0 Å². The molecule has 0 aliphatic rings. The van der Waals surface area contributed by atoms with E-state index in [1.54, 1.807) is 6.92 Å². The highest BCUT2D eigenvalue weighted by molar-refractivity contribution is 6.03. The molecule has 0 aromatic carbocycles. The minimum atomic E-state index is -0.766. The SMILES string of the molecule is COC(=O)C/C(C(=O)OC)=C(\C(=O)OC)C(C)CC(C)CCO. The van der Waals surface area contributed by atoms with Crippen molar-refractivity contribution in [1.82, 2.24) is 0 Å². The van der Waals surface area contributed by atoms with Gasteiger partial charge in [0.05, 0.1) is 38.9 Å². The number of carbonyl (C=O) groups is 3. The van der Waals surface area contributed by atoms with Gasteiger partial charge in [0.15, 0.2) is 0 Å². The van der Waals surface area contributed by atoms with Crippen molar-refractivity contribution in [3.63, 3.8) is 0 Å². The lowest BCUT2D eigenvalue weighted by molar-refractivity contribution is -0.143. The van der Waals surface area contributed by atoms with Gasteiger partial charge < -0.3 is 19.3 Å². The minimum absolute atomic E-state index is 0.0389. The molecule has 2 unspecified atom stereocenters. The fourth-order valence-electron chi connectivity index (χ4n) is 2.41. The highest BCUT2D eigenvalue weighted by atomic mass is 16.5. The van der Waals surface area contributed by atoms with Crippen LogP contribution in [-0.4, -0.2) is 51.0 Å². The molecule has 0 aliphatic carbocycles. The molecule has 7 heteroatoms. The van der Waals surface area contributed by atoms with Gasteiger partial charge in [0.2, 0.25) is 0 Å². The third-order valence-corrected chi connectivity index (χ3v) is 3.58. The molecule has 0 aromatic rings. The summed E-state index contributed by atoms with van der Waals surface area (Å²) in [5, 5.41) is 8.99. The average Bonchev–Trinajstić information content (AvgIpc) is 2.52. The van der Waals surface area contributed by atoms with Gasteiger partial charge >= 0.3 is 17.9 Å². The summed E-state index contributed by atoms with van der Waals surface area (Å²) in [4.78, 5) is 35.7. The minimum Gasteiger partial charge on any atom is -0.469 e. The van der Waals surface area contributed by atoms with E-state index >= 15 is 0 Å². The van der Waals surface area contributed by atoms with Gasteiger partial charge in [0, 0.05) is 6.61 Å². The van der Waals surface area contributed by atoms with Crippen molar-refractivity contribution in [1.29, 1.82) is 0 Å². The molecule has 1 N–H and O–H groups in total. The predicted molar refractivity (Wildman–Crippen MR) is 82.3 cm³/mol. The van der Waals surface area contributed by atoms with Crippen molar-refractivity contribution >= 4 is 17.9 Å². The molecule has 0 rings (SSSR count). The Hall–Kier alpha value is -1.89. The van der Waals surface area contributed by atoms with Crippen LogP contribution in [0.3, 0.4) is 0 Å². The summed E-state index contributed by atoms with van der Waals surface area (Å²) >= 11 is 0. The van der Waals surface area contributed by atoms with Crippen molar-refractivity contribution in [3.8, 4) is 0 Å². The van der Waals surface area contributed by atoms with E-state index in [0.29, 0.717) is 12.8 Å². The molecular formula is C16H26O7. The average molecular weight is 330 g/mol. The van der Waals surface area contributed by atoms with Crippen LogP contribution in [0.15, 0.2) is 11.1 Å². The fraction of sp³-hybridized carbons (Fsp3) is 0.688. The van der Waals surface area contributed by atoms with Gasteiger partial charge in [-0.2, -0.15) is 0 Å². The molecule has 7 nitrogen and oxygen atoms in total. The number of aliphatic hydroxyl groups is 1. The van der Waals surface area contributed by atoms with Crippen molar-refractivity contribution in [2.24, 2.45) is 11.8 Å². The van der Waals surface area contributed by atoms with Crippen molar-refractivity contribution < 1.29 is 33.7 Å². The molecule has 0 saturated carbocycles. The molecule has 0 spiro atoms. The first-order valence-electron chi connectivity index (χ1n) is 7.39. The summed E-state index contributed by atoms with van der Waals surface area (Å²) in [6, 6.07) is 0. The Balaban J connectivity index is 5.75. The second-order valence-corrected chi connectivity index (χ2v) is 5.38. The second kappa shape index (κ2) is 10.8. The summed E-state index contributed by atoms with van der Waals surface area (Å²) in [5.41, 5.74) is 0.0458. The zero-order chi connectivity index (χ0) is 18.0. The van der Waals surface area contributed by atoms with Crippen LogP contribution in [0.2, 0.25) is 0 Å². The van der Waals surface area contributed by atoms with Crippen LogP contribution in [-0.2, 0) is 28.6 Å². The Morgan fingerprint density at radius 3 is 1.96 bits per heavy atom. The molecule has 132 valence electrons. The number of methoxy groups -OCH3 is 3. The number of hydrogen-bond acceptors (Lipinski definition) is 7. The number of rotatable bonds is 9. The Morgan fingerprint density at radius 1 is 0.957 bits per heavy atom. The number of ether oxygens (including phenoxy) is 3. The lowest BCUT2D eigenvalue weighted by Crippen LogP contribution is -2.23. The van der Waals surface area contributed by atoms with Crippen molar-refractivity contribution in [2.75, 3.05) is 27.9 Å². The predicted octanol–water partition coefficient (Wildman–Crippen LogP) is 1.24. The molecule has 23 heavy (non-hydrogen) atoms. The van der Waals surface area contributed by atoms with E-state index < -0.39 is 17.9 Å². The second-order valence-electron chi connectivity index (χ2n) is 5.38. The lowest BCUT2D eigenvalue weighted by atomic mass is 9.86. The lowest BCUT2D eigenvalue weighted by Gasteiger charge is -2.21. The maximum absolute atomic E-state index is 12.1.